The molecular formula is C19H28N6O2. The molecule has 0 radical (unpaired) electrons. The molecule has 1 aromatic carbocycles. The number of esters is 1. The Morgan fingerprint density at radius 1 is 1.26 bits per heavy atom. The van der Waals surface area contributed by atoms with E-state index in [9.17, 15) is 4.79 Å². The largest absolute Gasteiger partial charge is 0.469 e. The molecule has 1 unspecified atom stereocenters. The molecular weight excluding hydrogens is 344 g/mol. The fourth-order valence-electron chi connectivity index (χ4n) is 2.80. The van der Waals surface area contributed by atoms with Crippen LogP contribution in [0.15, 0.2) is 24.3 Å². The van der Waals surface area contributed by atoms with Gasteiger partial charge in [0.2, 0.25) is 11.9 Å². The topological polar surface area (TPSA) is 106 Å². The maximum Gasteiger partial charge on any atom is 0.309 e. The molecule has 1 atom stereocenters. The van der Waals surface area contributed by atoms with Crippen LogP contribution in [0.25, 0.3) is 0 Å². The lowest BCUT2D eigenvalue weighted by Crippen LogP contribution is -2.32. The smallest absolute Gasteiger partial charge is 0.309 e. The number of aromatic nitrogens is 3. The van der Waals surface area contributed by atoms with Crippen molar-refractivity contribution in [3.05, 3.63) is 35.7 Å². The van der Waals surface area contributed by atoms with Crippen LogP contribution < -0.4 is 11.1 Å². The molecule has 8 heteroatoms. The number of methoxy groups -OCH3 is 1. The van der Waals surface area contributed by atoms with E-state index in [4.69, 9.17) is 10.5 Å². The van der Waals surface area contributed by atoms with Crippen molar-refractivity contribution in [3.63, 3.8) is 0 Å². The van der Waals surface area contributed by atoms with E-state index < -0.39 is 0 Å². The lowest BCUT2D eigenvalue weighted by atomic mass is 10.1. The Labute approximate surface area is 160 Å². The molecule has 0 aliphatic heterocycles. The van der Waals surface area contributed by atoms with E-state index in [1.807, 2.05) is 32.0 Å². The average Bonchev–Trinajstić information content (AvgIpc) is 2.66. The second kappa shape index (κ2) is 9.82. The van der Waals surface area contributed by atoms with E-state index in [0.29, 0.717) is 24.9 Å². The molecule has 0 aliphatic rings. The molecule has 0 bridgehead atoms. The number of ether oxygens (including phenoxy) is 1. The Balaban J connectivity index is 2.15. The quantitative estimate of drug-likeness (QED) is 0.646. The van der Waals surface area contributed by atoms with Crippen molar-refractivity contribution in [1.29, 1.82) is 0 Å². The van der Waals surface area contributed by atoms with E-state index in [-0.39, 0.29) is 17.8 Å². The highest BCUT2D eigenvalue weighted by molar-refractivity contribution is 5.72. The first kappa shape index (κ1) is 20.6. The molecule has 0 spiro atoms. The molecule has 3 N–H and O–H groups in total. The van der Waals surface area contributed by atoms with Crippen molar-refractivity contribution >= 4 is 23.6 Å². The van der Waals surface area contributed by atoms with Gasteiger partial charge < -0.3 is 15.8 Å². The van der Waals surface area contributed by atoms with Crippen LogP contribution in [0.4, 0.5) is 17.6 Å². The predicted molar refractivity (Wildman–Crippen MR) is 105 cm³/mol. The maximum atomic E-state index is 11.7. The SMILES string of the molecule is CCc1ccccc1Nc1nc(N)nc(CN(CC)CC(C)C(=O)OC)n1. The predicted octanol–water partition coefficient (Wildman–Crippen LogP) is 2.39. The fraction of sp³-hybridized carbons (Fsp3) is 0.474. The second-order valence-corrected chi connectivity index (χ2v) is 6.32. The normalized spacial score (nSPS) is 12.0. The first-order valence-corrected chi connectivity index (χ1v) is 9.12. The number of benzene rings is 1. The number of para-hydroxylation sites is 1. The molecule has 146 valence electrons. The summed E-state index contributed by atoms with van der Waals surface area (Å²) in [7, 11) is 1.40. The number of anilines is 3. The van der Waals surface area contributed by atoms with Crippen LogP contribution in [0, 0.1) is 5.92 Å². The van der Waals surface area contributed by atoms with Gasteiger partial charge in [0.1, 0.15) is 5.82 Å². The zero-order chi connectivity index (χ0) is 19.8. The van der Waals surface area contributed by atoms with Crippen molar-refractivity contribution in [2.45, 2.75) is 33.7 Å². The van der Waals surface area contributed by atoms with Gasteiger partial charge in [-0.2, -0.15) is 15.0 Å². The van der Waals surface area contributed by atoms with Crippen LogP contribution >= 0.6 is 0 Å². The zero-order valence-corrected chi connectivity index (χ0v) is 16.4. The number of nitrogens with zero attached hydrogens (tertiary/aromatic N) is 4. The number of rotatable bonds is 9. The lowest BCUT2D eigenvalue weighted by Gasteiger charge is -2.22. The number of nitrogens with two attached hydrogens (primary N) is 1. The summed E-state index contributed by atoms with van der Waals surface area (Å²) in [5, 5.41) is 3.23. The van der Waals surface area contributed by atoms with Gasteiger partial charge in [-0.05, 0) is 24.6 Å². The summed E-state index contributed by atoms with van der Waals surface area (Å²) in [5.41, 5.74) is 7.99. The van der Waals surface area contributed by atoms with Crippen LogP contribution in [-0.2, 0) is 22.5 Å². The molecule has 0 fully saturated rings. The Kier molecular flexibility index (Phi) is 7.48. The summed E-state index contributed by atoms with van der Waals surface area (Å²) in [6.07, 6.45) is 0.894. The Morgan fingerprint density at radius 3 is 2.67 bits per heavy atom. The number of nitrogens with one attached hydrogen (secondary N) is 1. The van der Waals surface area contributed by atoms with E-state index in [1.54, 1.807) is 0 Å². The lowest BCUT2D eigenvalue weighted by molar-refractivity contribution is -0.145. The third-order valence-electron chi connectivity index (χ3n) is 4.29. The number of aryl methyl sites for hydroxylation is 1. The number of carbonyl (C=O) groups excluding carboxylic acids is 1. The molecule has 0 saturated carbocycles. The van der Waals surface area contributed by atoms with Crippen LogP contribution in [-0.4, -0.2) is 46.0 Å². The van der Waals surface area contributed by atoms with Gasteiger partial charge in [0.25, 0.3) is 0 Å². The summed E-state index contributed by atoms with van der Waals surface area (Å²) in [6.45, 7) is 7.71. The van der Waals surface area contributed by atoms with E-state index >= 15 is 0 Å². The third kappa shape index (κ3) is 5.89. The van der Waals surface area contributed by atoms with E-state index in [1.165, 1.54) is 12.7 Å². The minimum atomic E-state index is -0.234. The summed E-state index contributed by atoms with van der Waals surface area (Å²) in [6, 6.07) is 7.99. The highest BCUT2D eigenvalue weighted by Gasteiger charge is 2.18. The monoisotopic (exact) mass is 372 g/mol. The van der Waals surface area contributed by atoms with Gasteiger partial charge in [-0.25, -0.2) is 0 Å². The second-order valence-electron chi connectivity index (χ2n) is 6.32. The van der Waals surface area contributed by atoms with Crippen molar-refractivity contribution < 1.29 is 9.53 Å². The molecule has 8 nitrogen and oxygen atoms in total. The van der Waals surface area contributed by atoms with Crippen molar-refractivity contribution in [2.75, 3.05) is 31.2 Å². The van der Waals surface area contributed by atoms with Gasteiger partial charge >= 0.3 is 5.97 Å². The zero-order valence-electron chi connectivity index (χ0n) is 16.4. The third-order valence-corrected chi connectivity index (χ3v) is 4.29. The molecule has 2 rings (SSSR count). The maximum absolute atomic E-state index is 11.7. The molecule has 0 aliphatic carbocycles. The first-order valence-electron chi connectivity index (χ1n) is 9.12. The van der Waals surface area contributed by atoms with Crippen LogP contribution in [0.1, 0.15) is 32.2 Å². The Morgan fingerprint density at radius 2 is 2.00 bits per heavy atom. The minimum absolute atomic E-state index is 0.161. The molecule has 0 saturated heterocycles. The van der Waals surface area contributed by atoms with Gasteiger partial charge in [0.05, 0.1) is 19.6 Å². The van der Waals surface area contributed by atoms with Gasteiger partial charge in [-0.15, -0.1) is 0 Å². The summed E-state index contributed by atoms with van der Waals surface area (Å²) >= 11 is 0. The first-order chi connectivity index (χ1) is 13.0. The molecule has 1 aromatic heterocycles. The van der Waals surface area contributed by atoms with E-state index in [2.05, 4.69) is 38.2 Å². The molecule has 2 aromatic rings. The number of nitrogen functional groups attached to an aromatic ring is 1. The molecule has 27 heavy (non-hydrogen) atoms. The van der Waals surface area contributed by atoms with E-state index in [0.717, 1.165) is 18.7 Å². The Bertz CT molecular complexity index is 768. The number of carbonyl (C=O) groups is 1. The van der Waals surface area contributed by atoms with Gasteiger partial charge in [-0.1, -0.05) is 39.0 Å². The average molecular weight is 372 g/mol. The van der Waals surface area contributed by atoms with Gasteiger partial charge in [0.15, 0.2) is 0 Å². The van der Waals surface area contributed by atoms with Crippen LogP contribution in [0.2, 0.25) is 0 Å². The highest BCUT2D eigenvalue weighted by atomic mass is 16.5. The van der Waals surface area contributed by atoms with Crippen molar-refractivity contribution in [2.24, 2.45) is 5.92 Å². The number of hydrogen-bond acceptors (Lipinski definition) is 8. The summed E-state index contributed by atoms with van der Waals surface area (Å²) < 4.78 is 4.80. The number of hydrogen-bond donors (Lipinski definition) is 2. The van der Waals surface area contributed by atoms with Gasteiger partial charge in [-0.3, -0.25) is 9.69 Å². The fourth-order valence-corrected chi connectivity index (χ4v) is 2.80. The standard InChI is InChI=1S/C19H28N6O2/c1-5-14-9-7-8-10-15(14)21-19-23-16(22-18(20)24-19)12-25(6-2)11-13(3)17(26)27-4/h7-10,13H,5-6,11-12H2,1-4H3,(H3,20,21,22,23,24). The van der Waals surface area contributed by atoms with Crippen LogP contribution in [0.5, 0.6) is 0 Å². The van der Waals surface area contributed by atoms with Gasteiger partial charge in [0, 0.05) is 12.2 Å². The molecule has 1 heterocycles. The summed E-state index contributed by atoms with van der Waals surface area (Å²) in [4.78, 5) is 26.7. The molecule has 0 amide bonds. The van der Waals surface area contributed by atoms with Crippen molar-refractivity contribution in [3.8, 4) is 0 Å². The van der Waals surface area contributed by atoms with Crippen molar-refractivity contribution in [1.82, 2.24) is 19.9 Å². The summed E-state index contributed by atoms with van der Waals surface area (Å²) in [5.74, 6) is 0.659. The highest BCUT2D eigenvalue weighted by Crippen LogP contribution is 2.19. The Hall–Kier alpha value is -2.74. The van der Waals surface area contributed by atoms with Crippen LogP contribution in [0.3, 0.4) is 0 Å². The minimum Gasteiger partial charge on any atom is -0.469 e.